The molecule has 0 aromatic carbocycles. The number of hydrogen-bond acceptors (Lipinski definition) is 4. The zero-order valence-electron chi connectivity index (χ0n) is 13.4. The molecule has 0 aliphatic carbocycles. The topological polar surface area (TPSA) is 43.2 Å². The van der Waals surface area contributed by atoms with Crippen molar-refractivity contribution in [2.24, 2.45) is 0 Å². The van der Waals surface area contributed by atoms with Crippen molar-refractivity contribution in [3.63, 3.8) is 0 Å². The van der Waals surface area contributed by atoms with E-state index in [1.54, 1.807) is 0 Å². The van der Waals surface area contributed by atoms with E-state index in [0.717, 1.165) is 37.3 Å². The lowest BCUT2D eigenvalue weighted by atomic mass is 10.1. The van der Waals surface area contributed by atoms with Crippen LogP contribution >= 0.6 is 0 Å². The Morgan fingerprint density at radius 1 is 1.32 bits per heavy atom. The van der Waals surface area contributed by atoms with Gasteiger partial charge in [0.1, 0.15) is 11.3 Å². The van der Waals surface area contributed by atoms with Crippen LogP contribution in [0, 0.1) is 0 Å². The molecule has 2 aliphatic rings. The van der Waals surface area contributed by atoms with Crippen molar-refractivity contribution < 1.29 is 4.74 Å². The standard InChI is InChI=1S/C17H24N4O/c1-12(2)20-8-5-13(10-20)16-19-15-4-3-7-18-17(15)21(16)14-6-9-22-11-14/h3-4,7,12-14H,5-6,8-11H2,1-2H3. The van der Waals surface area contributed by atoms with Crippen LogP contribution in [-0.4, -0.2) is 51.8 Å². The van der Waals surface area contributed by atoms with Crippen LogP contribution in [-0.2, 0) is 4.74 Å². The lowest BCUT2D eigenvalue weighted by Crippen LogP contribution is -2.28. The highest BCUT2D eigenvalue weighted by Crippen LogP contribution is 2.34. The number of aromatic nitrogens is 3. The third kappa shape index (κ3) is 2.32. The molecule has 2 atom stereocenters. The molecule has 2 saturated heterocycles. The fraction of sp³-hybridized carbons (Fsp3) is 0.647. The predicted molar refractivity (Wildman–Crippen MR) is 86.1 cm³/mol. The quantitative estimate of drug-likeness (QED) is 0.874. The number of hydrogen-bond donors (Lipinski definition) is 0. The van der Waals surface area contributed by atoms with Gasteiger partial charge in [0.05, 0.1) is 12.6 Å². The van der Waals surface area contributed by atoms with Gasteiger partial charge in [-0.25, -0.2) is 9.97 Å². The zero-order chi connectivity index (χ0) is 15.1. The maximum absolute atomic E-state index is 5.62. The predicted octanol–water partition coefficient (Wildman–Crippen LogP) is 2.59. The van der Waals surface area contributed by atoms with Gasteiger partial charge in [0.15, 0.2) is 5.65 Å². The van der Waals surface area contributed by atoms with Gasteiger partial charge >= 0.3 is 0 Å². The van der Waals surface area contributed by atoms with E-state index < -0.39 is 0 Å². The summed E-state index contributed by atoms with van der Waals surface area (Å²) in [6.07, 6.45) is 4.12. The first-order valence-electron chi connectivity index (χ1n) is 8.38. The van der Waals surface area contributed by atoms with Crippen LogP contribution in [0.2, 0.25) is 0 Å². The number of imidazole rings is 1. The highest BCUT2D eigenvalue weighted by Gasteiger charge is 2.32. The minimum absolute atomic E-state index is 0.392. The van der Waals surface area contributed by atoms with E-state index in [4.69, 9.17) is 9.72 Å². The molecule has 5 nitrogen and oxygen atoms in total. The summed E-state index contributed by atoms with van der Waals surface area (Å²) in [6.45, 7) is 8.46. The second-order valence-electron chi connectivity index (χ2n) is 6.78. The Morgan fingerprint density at radius 3 is 2.95 bits per heavy atom. The average molecular weight is 300 g/mol. The second kappa shape index (κ2) is 5.63. The van der Waals surface area contributed by atoms with Crippen LogP contribution in [0.5, 0.6) is 0 Å². The van der Waals surface area contributed by atoms with Gasteiger partial charge in [0.25, 0.3) is 0 Å². The average Bonchev–Trinajstić information content (AvgIpc) is 3.24. The fourth-order valence-corrected chi connectivity index (χ4v) is 3.79. The van der Waals surface area contributed by atoms with Crippen molar-refractivity contribution in [1.29, 1.82) is 0 Å². The molecule has 22 heavy (non-hydrogen) atoms. The van der Waals surface area contributed by atoms with Crippen LogP contribution in [0.3, 0.4) is 0 Å². The summed E-state index contributed by atoms with van der Waals surface area (Å²) in [7, 11) is 0. The van der Waals surface area contributed by atoms with Gasteiger partial charge in [-0.3, -0.25) is 0 Å². The van der Waals surface area contributed by atoms with Crippen molar-refractivity contribution in [1.82, 2.24) is 19.4 Å². The monoisotopic (exact) mass is 300 g/mol. The minimum Gasteiger partial charge on any atom is -0.379 e. The maximum atomic E-state index is 5.62. The van der Waals surface area contributed by atoms with Crippen molar-refractivity contribution in [2.75, 3.05) is 26.3 Å². The van der Waals surface area contributed by atoms with Gasteiger partial charge in [-0.05, 0) is 45.4 Å². The van der Waals surface area contributed by atoms with Gasteiger partial charge in [-0.1, -0.05) is 0 Å². The Balaban J connectivity index is 1.75. The Kier molecular flexibility index (Phi) is 3.62. The number of ether oxygens (including phenoxy) is 1. The van der Waals surface area contributed by atoms with E-state index in [2.05, 4.69) is 34.4 Å². The first-order valence-corrected chi connectivity index (χ1v) is 8.38. The summed E-state index contributed by atoms with van der Waals surface area (Å²) < 4.78 is 7.99. The normalized spacial score (nSPS) is 26.5. The van der Waals surface area contributed by atoms with Crippen LogP contribution in [0.25, 0.3) is 11.2 Å². The van der Waals surface area contributed by atoms with Gasteiger partial charge in [-0.15, -0.1) is 0 Å². The molecule has 2 aliphatic heterocycles. The van der Waals surface area contributed by atoms with E-state index >= 15 is 0 Å². The third-order valence-corrected chi connectivity index (χ3v) is 5.06. The molecule has 0 spiro atoms. The molecule has 0 amide bonds. The molecule has 2 unspecified atom stereocenters. The van der Waals surface area contributed by atoms with E-state index in [1.807, 2.05) is 12.3 Å². The Hall–Kier alpha value is -1.46. The van der Waals surface area contributed by atoms with Crippen LogP contribution in [0.15, 0.2) is 18.3 Å². The number of pyridine rings is 1. The van der Waals surface area contributed by atoms with Crippen molar-refractivity contribution in [3.05, 3.63) is 24.2 Å². The lowest BCUT2D eigenvalue weighted by Gasteiger charge is -2.21. The van der Waals surface area contributed by atoms with Gasteiger partial charge in [-0.2, -0.15) is 0 Å². The number of rotatable bonds is 3. The highest BCUT2D eigenvalue weighted by molar-refractivity contribution is 5.71. The first-order chi connectivity index (χ1) is 10.7. The van der Waals surface area contributed by atoms with Crippen molar-refractivity contribution in [3.8, 4) is 0 Å². The summed E-state index contributed by atoms with van der Waals surface area (Å²) in [5.74, 6) is 1.73. The fourth-order valence-electron chi connectivity index (χ4n) is 3.79. The van der Waals surface area contributed by atoms with Gasteiger partial charge in [0, 0.05) is 31.3 Å². The summed E-state index contributed by atoms with van der Waals surface area (Å²) >= 11 is 0. The smallest absolute Gasteiger partial charge is 0.160 e. The SMILES string of the molecule is CC(C)N1CCC(c2nc3cccnc3n2C2CCOC2)C1. The Labute approximate surface area is 131 Å². The van der Waals surface area contributed by atoms with Crippen LogP contribution < -0.4 is 0 Å². The molecule has 0 radical (unpaired) electrons. The molecule has 2 aromatic heterocycles. The number of fused-ring (bicyclic) bond motifs is 1. The minimum atomic E-state index is 0.392. The van der Waals surface area contributed by atoms with Crippen molar-refractivity contribution in [2.45, 2.75) is 44.7 Å². The van der Waals surface area contributed by atoms with Gasteiger partial charge in [0.2, 0.25) is 0 Å². The van der Waals surface area contributed by atoms with E-state index in [-0.39, 0.29) is 0 Å². The van der Waals surface area contributed by atoms with E-state index in [0.29, 0.717) is 18.0 Å². The molecule has 4 rings (SSSR count). The Morgan fingerprint density at radius 2 is 2.23 bits per heavy atom. The lowest BCUT2D eigenvalue weighted by molar-refractivity contribution is 0.186. The summed E-state index contributed by atoms with van der Waals surface area (Å²) in [5, 5.41) is 0. The molecule has 5 heteroatoms. The summed E-state index contributed by atoms with van der Waals surface area (Å²) in [5.41, 5.74) is 2.04. The number of likely N-dealkylation sites (tertiary alicyclic amines) is 1. The largest absolute Gasteiger partial charge is 0.379 e. The highest BCUT2D eigenvalue weighted by atomic mass is 16.5. The molecule has 2 aromatic rings. The van der Waals surface area contributed by atoms with Crippen molar-refractivity contribution >= 4 is 11.2 Å². The Bertz CT molecular complexity index is 660. The maximum Gasteiger partial charge on any atom is 0.160 e. The summed E-state index contributed by atoms with van der Waals surface area (Å²) in [6, 6.07) is 5.05. The van der Waals surface area contributed by atoms with E-state index in [9.17, 15) is 0 Å². The molecule has 2 fully saturated rings. The molecular formula is C17H24N4O. The number of nitrogens with zero attached hydrogens (tertiary/aromatic N) is 4. The molecule has 0 N–H and O–H groups in total. The third-order valence-electron chi connectivity index (χ3n) is 5.06. The summed E-state index contributed by atoms with van der Waals surface area (Å²) in [4.78, 5) is 12.1. The molecule has 0 bridgehead atoms. The second-order valence-corrected chi connectivity index (χ2v) is 6.78. The molecular weight excluding hydrogens is 276 g/mol. The first kappa shape index (κ1) is 14.2. The van der Waals surface area contributed by atoms with Crippen LogP contribution in [0.4, 0.5) is 0 Å². The molecule has 0 saturated carbocycles. The zero-order valence-corrected chi connectivity index (χ0v) is 13.4. The molecule has 4 heterocycles. The van der Waals surface area contributed by atoms with Crippen LogP contribution in [0.1, 0.15) is 44.5 Å². The van der Waals surface area contributed by atoms with E-state index in [1.165, 1.54) is 18.8 Å². The molecule has 118 valence electrons. The van der Waals surface area contributed by atoms with Gasteiger partial charge < -0.3 is 14.2 Å².